The van der Waals surface area contributed by atoms with Crippen molar-refractivity contribution in [2.24, 2.45) is 4.40 Å². The molecule has 0 fully saturated rings. The van der Waals surface area contributed by atoms with Gasteiger partial charge in [-0.3, -0.25) is 0 Å². The summed E-state index contributed by atoms with van der Waals surface area (Å²) < 4.78 is 60.4. The monoisotopic (exact) mass is 540 g/mol. The second-order valence-electron chi connectivity index (χ2n) is 10.3. The highest BCUT2D eigenvalue weighted by molar-refractivity contribution is 7.91. The molecule has 36 heavy (non-hydrogen) atoms. The van der Waals surface area contributed by atoms with Crippen LogP contribution in [0, 0.1) is 0 Å². The molecule has 0 saturated heterocycles. The van der Waals surface area contributed by atoms with Crippen LogP contribution in [0.25, 0.3) is 0 Å². The van der Waals surface area contributed by atoms with Gasteiger partial charge in [0.1, 0.15) is 0 Å². The van der Waals surface area contributed by atoms with Gasteiger partial charge in [0.2, 0.25) is 0 Å². The first-order valence-corrected chi connectivity index (χ1v) is 16.2. The summed E-state index contributed by atoms with van der Waals surface area (Å²) in [5.74, 6) is -1.22. The molecule has 0 aromatic carbocycles. The van der Waals surface area contributed by atoms with Crippen molar-refractivity contribution in [2.45, 2.75) is 173 Å². The van der Waals surface area contributed by atoms with Gasteiger partial charge in [0.25, 0.3) is 0 Å². The van der Waals surface area contributed by atoms with E-state index in [1.807, 2.05) is 0 Å². The van der Waals surface area contributed by atoms with Crippen molar-refractivity contribution in [3.05, 3.63) is 0 Å². The van der Waals surface area contributed by atoms with E-state index in [2.05, 4.69) is 11.3 Å². The van der Waals surface area contributed by atoms with E-state index in [4.69, 9.17) is 0 Å². The Morgan fingerprint density at radius 3 is 1.06 bits per heavy atom. The van der Waals surface area contributed by atoms with Gasteiger partial charge in [-0.05, 0) is 18.7 Å². The Labute approximate surface area is 220 Å². The average molecular weight is 541 g/mol. The molecular formula is C28H53F3NO3S-. The third-order valence-electron chi connectivity index (χ3n) is 6.76. The van der Waals surface area contributed by atoms with Crippen molar-refractivity contribution in [3.8, 4) is 0 Å². The molecule has 8 heteroatoms. The van der Waals surface area contributed by atoms with Crippen molar-refractivity contribution >= 4 is 15.9 Å². The molecule has 0 unspecified atom stereocenters. The third kappa shape index (κ3) is 22.4. The highest BCUT2D eigenvalue weighted by Crippen LogP contribution is 2.24. The van der Waals surface area contributed by atoms with Crippen LogP contribution in [0.15, 0.2) is 4.40 Å². The van der Waals surface area contributed by atoms with Gasteiger partial charge in [0, 0.05) is 0 Å². The van der Waals surface area contributed by atoms with Gasteiger partial charge in [-0.15, -0.1) is 0 Å². The van der Waals surface area contributed by atoms with E-state index < -0.39 is 21.4 Å². The van der Waals surface area contributed by atoms with Crippen LogP contribution in [-0.2, 0) is 10.0 Å². The molecule has 216 valence electrons. The minimum Gasteiger partial charge on any atom is -0.861 e. The first-order valence-electron chi connectivity index (χ1n) is 14.8. The first kappa shape index (κ1) is 35.2. The fraction of sp³-hybridized carbons (Fsp3) is 0.964. The highest BCUT2D eigenvalue weighted by Gasteiger charge is 2.45. The topological polar surface area (TPSA) is 69.6 Å². The molecule has 0 aromatic rings. The zero-order valence-electron chi connectivity index (χ0n) is 22.9. The lowest BCUT2D eigenvalue weighted by atomic mass is 10.0. The molecule has 0 aromatic heterocycles. The molecule has 0 aliphatic heterocycles. The summed E-state index contributed by atoms with van der Waals surface area (Å²) in [6.45, 7) is 2.27. The molecule has 0 aliphatic rings. The van der Waals surface area contributed by atoms with Gasteiger partial charge in [0.05, 0.1) is 0 Å². The zero-order chi connectivity index (χ0) is 27.0. The maximum atomic E-state index is 12.2. The van der Waals surface area contributed by atoms with E-state index in [-0.39, 0.29) is 6.42 Å². The van der Waals surface area contributed by atoms with E-state index in [1.165, 1.54) is 122 Å². The summed E-state index contributed by atoms with van der Waals surface area (Å²) in [6.07, 6.45) is 29.8. The smallest absolute Gasteiger partial charge is 0.518 e. The number of nitrogens with zero attached hydrogens (tertiary/aromatic N) is 1. The Morgan fingerprint density at radius 2 is 0.806 bits per heavy atom. The minimum absolute atomic E-state index is 0.255. The predicted octanol–water partition coefficient (Wildman–Crippen LogP) is 9.37. The van der Waals surface area contributed by atoms with Crippen molar-refractivity contribution in [1.29, 1.82) is 0 Å². The molecule has 0 heterocycles. The van der Waals surface area contributed by atoms with E-state index in [0.717, 1.165) is 19.3 Å². The van der Waals surface area contributed by atoms with Crippen molar-refractivity contribution < 1.29 is 26.7 Å². The minimum atomic E-state index is -5.70. The van der Waals surface area contributed by atoms with Gasteiger partial charge >= 0.3 is 15.5 Å². The second kappa shape index (κ2) is 23.3. The molecule has 4 nitrogen and oxygen atoms in total. The summed E-state index contributed by atoms with van der Waals surface area (Å²) in [4.78, 5) is 0. The Kier molecular flexibility index (Phi) is 22.8. The predicted molar refractivity (Wildman–Crippen MR) is 144 cm³/mol. The number of rotatable bonds is 26. The van der Waals surface area contributed by atoms with E-state index in [0.29, 0.717) is 12.8 Å². The largest absolute Gasteiger partial charge is 0.861 e. The SMILES string of the molecule is CCCCCCCCCCCCCCCCCCCCCCCCCC/C([O-])=N/S(=O)(=O)C(F)(F)F. The fourth-order valence-electron chi connectivity index (χ4n) is 4.47. The quantitative estimate of drug-likeness (QED) is 0.0623. The van der Waals surface area contributed by atoms with E-state index in [1.54, 1.807) is 0 Å². The summed E-state index contributed by atoms with van der Waals surface area (Å²) in [7, 11) is -5.70. The molecule has 0 aliphatic carbocycles. The lowest BCUT2D eigenvalue weighted by Crippen LogP contribution is -2.26. The van der Waals surface area contributed by atoms with Gasteiger partial charge in [-0.25, -0.2) is 0 Å². The van der Waals surface area contributed by atoms with Crippen LogP contribution in [0.5, 0.6) is 0 Å². The standard InChI is InChI=1S/C28H54F3NO3S/c1-2-3-4-5-6-7-8-9-10-11-12-13-14-15-16-17-18-19-20-21-22-23-24-25-26-27(33)32-36(34,35)28(29,30)31/h2-26H2,1H3,(H,32,33)/p-1. The normalized spacial score (nSPS) is 12.9. The first-order chi connectivity index (χ1) is 17.2. The van der Waals surface area contributed by atoms with Gasteiger partial charge in [-0.1, -0.05) is 155 Å². The molecule has 0 spiro atoms. The molecule has 0 N–H and O–H groups in total. The summed E-state index contributed by atoms with van der Waals surface area (Å²) in [5, 5.41) is 11.3. The number of halogens is 3. The highest BCUT2D eigenvalue weighted by atomic mass is 32.2. The van der Waals surface area contributed by atoms with Crippen LogP contribution in [0.1, 0.15) is 167 Å². The molecule has 0 saturated carbocycles. The number of sulfonamides is 1. The van der Waals surface area contributed by atoms with Gasteiger partial charge in [-0.2, -0.15) is 26.0 Å². The van der Waals surface area contributed by atoms with Crippen LogP contribution in [0.3, 0.4) is 0 Å². The van der Waals surface area contributed by atoms with Gasteiger partial charge < -0.3 is 5.11 Å². The second-order valence-corrected chi connectivity index (χ2v) is 11.9. The Balaban J connectivity index is 3.29. The maximum Gasteiger partial charge on any atom is 0.518 e. The molecule has 0 atom stereocenters. The van der Waals surface area contributed by atoms with Crippen LogP contribution >= 0.6 is 0 Å². The van der Waals surface area contributed by atoms with Crippen molar-refractivity contribution in [2.75, 3.05) is 0 Å². The van der Waals surface area contributed by atoms with Crippen LogP contribution in [-0.4, -0.2) is 19.8 Å². The summed E-state index contributed by atoms with van der Waals surface area (Å²) in [6, 6.07) is 0. The fourth-order valence-corrected chi connectivity index (χ4v) is 4.93. The molecule has 0 amide bonds. The molecular weight excluding hydrogens is 487 g/mol. The van der Waals surface area contributed by atoms with Crippen LogP contribution in [0.2, 0.25) is 0 Å². The zero-order valence-corrected chi connectivity index (χ0v) is 23.7. The Hall–Kier alpha value is -0.790. The molecule has 0 bridgehead atoms. The van der Waals surface area contributed by atoms with Crippen molar-refractivity contribution in [3.63, 3.8) is 0 Å². The lowest BCUT2D eigenvalue weighted by molar-refractivity contribution is -0.218. The molecule has 0 radical (unpaired) electrons. The van der Waals surface area contributed by atoms with Crippen LogP contribution in [0.4, 0.5) is 13.2 Å². The van der Waals surface area contributed by atoms with E-state index >= 15 is 0 Å². The van der Waals surface area contributed by atoms with Crippen LogP contribution < -0.4 is 5.11 Å². The summed E-state index contributed by atoms with van der Waals surface area (Å²) >= 11 is 0. The summed E-state index contributed by atoms with van der Waals surface area (Å²) in [5.41, 5.74) is -5.51. The van der Waals surface area contributed by atoms with E-state index in [9.17, 15) is 26.7 Å². The third-order valence-corrected chi connectivity index (χ3v) is 7.79. The number of unbranched alkanes of at least 4 members (excludes halogenated alkanes) is 23. The Morgan fingerprint density at radius 1 is 0.556 bits per heavy atom. The van der Waals surface area contributed by atoms with Gasteiger partial charge in [0.15, 0.2) is 0 Å². The molecule has 0 rings (SSSR count). The average Bonchev–Trinajstić information content (AvgIpc) is 2.80. The Bertz CT molecular complexity index is 622. The van der Waals surface area contributed by atoms with Crippen molar-refractivity contribution in [1.82, 2.24) is 0 Å². The number of hydrogen-bond donors (Lipinski definition) is 0. The maximum absolute atomic E-state index is 12.2. The number of alkyl halides is 3. The lowest BCUT2D eigenvalue weighted by Gasteiger charge is -2.11. The number of hydrogen-bond acceptors (Lipinski definition) is 3.